The number of esters is 1. The molecule has 2 atom stereocenters. The molecule has 0 unspecified atom stereocenters. The summed E-state index contributed by atoms with van der Waals surface area (Å²) >= 11 is 0. The van der Waals surface area contributed by atoms with Gasteiger partial charge in [-0.1, -0.05) is 61.7 Å². The number of piperidine rings is 1. The van der Waals surface area contributed by atoms with E-state index < -0.39 is 5.97 Å². The summed E-state index contributed by atoms with van der Waals surface area (Å²) in [7, 11) is 0. The Bertz CT molecular complexity index is 907. The molecule has 0 bridgehead atoms. The van der Waals surface area contributed by atoms with Gasteiger partial charge in [0, 0.05) is 24.2 Å². The maximum Gasteiger partial charge on any atom is 0.338 e. The molecule has 0 N–H and O–H groups in total. The quantitative estimate of drug-likeness (QED) is 0.555. The van der Waals surface area contributed by atoms with Crippen LogP contribution in [0.25, 0.3) is 0 Å². The van der Waals surface area contributed by atoms with Gasteiger partial charge >= 0.3 is 5.97 Å². The van der Waals surface area contributed by atoms with Gasteiger partial charge in [-0.3, -0.25) is 9.59 Å². The summed E-state index contributed by atoms with van der Waals surface area (Å²) in [5.74, 6) is 0.582. The zero-order valence-corrected chi connectivity index (χ0v) is 17.1. The molecule has 1 aliphatic carbocycles. The molecular weight excluding hydrogens is 378 g/mol. The van der Waals surface area contributed by atoms with Gasteiger partial charge in [0.15, 0.2) is 12.4 Å². The van der Waals surface area contributed by atoms with Crippen molar-refractivity contribution in [3.63, 3.8) is 0 Å². The van der Waals surface area contributed by atoms with E-state index in [1.165, 1.54) is 25.7 Å². The highest BCUT2D eigenvalue weighted by Gasteiger charge is 2.33. The normalized spacial score (nSPS) is 20.9. The first-order valence-corrected chi connectivity index (χ1v) is 10.8. The molecule has 2 aliphatic rings. The number of ketones is 1. The van der Waals surface area contributed by atoms with Gasteiger partial charge in [0.25, 0.3) is 5.91 Å². The van der Waals surface area contributed by atoms with Crippen LogP contribution in [0.4, 0.5) is 0 Å². The van der Waals surface area contributed by atoms with Crippen molar-refractivity contribution in [3.8, 4) is 0 Å². The number of likely N-dealkylation sites (tertiary alicyclic amines) is 1. The van der Waals surface area contributed by atoms with E-state index in [-0.39, 0.29) is 18.3 Å². The van der Waals surface area contributed by atoms with Crippen molar-refractivity contribution in [1.82, 2.24) is 4.90 Å². The third-order valence-electron chi connectivity index (χ3n) is 6.39. The molecule has 1 saturated carbocycles. The summed E-state index contributed by atoms with van der Waals surface area (Å²) in [6.07, 6.45) is 6.09. The Kier molecular flexibility index (Phi) is 6.26. The minimum Gasteiger partial charge on any atom is -0.452 e. The lowest BCUT2D eigenvalue weighted by atomic mass is 9.75. The van der Waals surface area contributed by atoms with E-state index >= 15 is 0 Å². The number of fused-ring (bicyclic) bond motifs is 1. The van der Waals surface area contributed by atoms with Crippen molar-refractivity contribution in [2.24, 2.45) is 11.8 Å². The number of hydrogen-bond acceptors (Lipinski definition) is 4. The van der Waals surface area contributed by atoms with Gasteiger partial charge in [-0.2, -0.15) is 0 Å². The summed E-state index contributed by atoms with van der Waals surface area (Å²) in [4.78, 5) is 39.1. The smallest absolute Gasteiger partial charge is 0.338 e. The molecule has 1 saturated heterocycles. The van der Waals surface area contributed by atoms with Gasteiger partial charge in [-0.15, -0.1) is 0 Å². The van der Waals surface area contributed by atoms with Gasteiger partial charge in [0.1, 0.15) is 0 Å². The summed E-state index contributed by atoms with van der Waals surface area (Å²) in [6.45, 7) is 1.31. The molecule has 4 rings (SSSR count). The van der Waals surface area contributed by atoms with E-state index in [4.69, 9.17) is 4.74 Å². The van der Waals surface area contributed by atoms with Crippen LogP contribution in [0.3, 0.4) is 0 Å². The lowest BCUT2D eigenvalue weighted by molar-refractivity contribution is -0.137. The van der Waals surface area contributed by atoms with Crippen molar-refractivity contribution in [3.05, 3.63) is 71.3 Å². The molecule has 1 amide bonds. The van der Waals surface area contributed by atoms with Crippen LogP contribution in [-0.2, 0) is 9.53 Å². The van der Waals surface area contributed by atoms with E-state index in [9.17, 15) is 14.4 Å². The van der Waals surface area contributed by atoms with Crippen LogP contribution in [-0.4, -0.2) is 42.3 Å². The minimum atomic E-state index is -0.547. The standard InChI is InChI=1S/C25H27NO4/c27-23(26-15-14-18-6-4-5-9-22(18)16-26)17-30-25(29)21-12-10-20(11-13-21)24(28)19-7-2-1-3-8-19/h1-3,7-8,10-13,18,22H,4-6,9,14-17H2/t18-,22+/m1/s1. The summed E-state index contributed by atoms with van der Waals surface area (Å²) in [5.41, 5.74) is 1.43. The summed E-state index contributed by atoms with van der Waals surface area (Å²) < 4.78 is 5.25. The second-order valence-electron chi connectivity index (χ2n) is 8.28. The van der Waals surface area contributed by atoms with Crippen molar-refractivity contribution in [2.45, 2.75) is 32.1 Å². The fourth-order valence-corrected chi connectivity index (χ4v) is 4.64. The molecule has 1 aliphatic heterocycles. The molecule has 0 aromatic heterocycles. The Morgan fingerprint density at radius 2 is 1.43 bits per heavy atom. The maximum atomic E-state index is 12.5. The van der Waals surface area contributed by atoms with Crippen molar-refractivity contribution >= 4 is 17.7 Å². The summed E-state index contributed by atoms with van der Waals surface area (Å²) in [5, 5.41) is 0. The predicted octanol–water partition coefficient (Wildman–Crippen LogP) is 4.11. The number of carbonyl (C=O) groups is 3. The average molecular weight is 405 g/mol. The van der Waals surface area contributed by atoms with E-state index in [0.29, 0.717) is 22.6 Å². The molecule has 2 aromatic carbocycles. The average Bonchev–Trinajstić information content (AvgIpc) is 2.82. The number of nitrogens with zero attached hydrogens (tertiary/aromatic N) is 1. The SMILES string of the molecule is O=C(OCC(=O)N1CC[C@H]2CCCC[C@H]2C1)c1ccc(C(=O)c2ccccc2)cc1. The second kappa shape index (κ2) is 9.24. The highest BCUT2D eigenvalue weighted by atomic mass is 16.5. The molecule has 5 heteroatoms. The van der Waals surface area contributed by atoms with Crippen LogP contribution in [0.2, 0.25) is 0 Å². The van der Waals surface area contributed by atoms with E-state index in [2.05, 4.69) is 0 Å². The lowest BCUT2D eigenvalue weighted by Crippen LogP contribution is -2.46. The second-order valence-corrected chi connectivity index (χ2v) is 8.28. The first-order valence-electron chi connectivity index (χ1n) is 10.8. The molecule has 0 spiro atoms. The van der Waals surface area contributed by atoms with Gasteiger partial charge in [0.05, 0.1) is 5.56 Å². The van der Waals surface area contributed by atoms with Crippen LogP contribution < -0.4 is 0 Å². The third kappa shape index (κ3) is 4.61. The Hall–Kier alpha value is -2.95. The Balaban J connectivity index is 1.29. The largest absolute Gasteiger partial charge is 0.452 e. The fourth-order valence-electron chi connectivity index (χ4n) is 4.64. The van der Waals surface area contributed by atoms with Crippen molar-refractivity contribution in [2.75, 3.05) is 19.7 Å². The van der Waals surface area contributed by atoms with Gasteiger partial charge < -0.3 is 9.64 Å². The zero-order valence-electron chi connectivity index (χ0n) is 17.1. The van der Waals surface area contributed by atoms with Crippen molar-refractivity contribution < 1.29 is 19.1 Å². The molecule has 2 aromatic rings. The van der Waals surface area contributed by atoms with E-state index in [1.807, 2.05) is 23.1 Å². The van der Waals surface area contributed by atoms with Crippen LogP contribution in [0, 0.1) is 11.8 Å². The number of hydrogen-bond donors (Lipinski definition) is 0. The van der Waals surface area contributed by atoms with Gasteiger partial charge in [-0.25, -0.2) is 4.79 Å². The fraction of sp³-hybridized carbons (Fsp3) is 0.400. The minimum absolute atomic E-state index is 0.100. The monoisotopic (exact) mass is 405 g/mol. The highest BCUT2D eigenvalue weighted by molar-refractivity contribution is 6.09. The Morgan fingerprint density at radius 1 is 0.800 bits per heavy atom. The third-order valence-corrected chi connectivity index (χ3v) is 6.39. The molecule has 2 fully saturated rings. The Labute approximate surface area is 177 Å². The number of ether oxygens (including phenoxy) is 1. The first-order chi connectivity index (χ1) is 14.6. The van der Waals surface area contributed by atoms with Gasteiger partial charge in [-0.05, 0) is 36.8 Å². The summed E-state index contributed by atoms with van der Waals surface area (Å²) in [6, 6.07) is 15.3. The van der Waals surface area contributed by atoms with Crippen LogP contribution in [0.5, 0.6) is 0 Å². The van der Waals surface area contributed by atoms with Gasteiger partial charge in [0.2, 0.25) is 0 Å². The number of carbonyl (C=O) groups excluding carboxylic acids is 3. The van der Waals surface area contributed by atoms with Crippen molar-refractivity contribution in [1.29, 1.82) is 0 Å². The van der Waals surface area contributed by atoms with Crippen LogP contribution in [0.15, 0.2) is 54.6 Å². The Morgan fingerprint density at radius 3 is 2.17 bits per heavy atom. The topological polar surface area (TPSA) is 63.7 Å². The molecule has 5 nitrogen and oxygen atoms in total. The first kappa shape index (κ1) is 20.3. The maximum absolute atomic E-state index is 12.5. The number of rotatable bonds is 5. The van der Waals surface area contributed by atoms with Crippen LogP contribution >= 0.6 is 0 Å². The molecule has 156 valence electrons. The molecule has 0 radical (unpaired) electrons. The zero-order chi connectivity index (χ0) is 20.9. The molecular formula is C25H27NO4. The predicted molar refractivity (Wildman–Crippen MR) is 113 cm³/mol. The molecule has 30 heavy (non-hydrogen) atoms. The van der Waals surface area contributed by atoms with E-state index in [1.54, 1.807) is 36.4 Å². The highest BCUT2D eigenvalue weighted by Crippen LogP contribution is 2.36. The molecule has 1 heterocycles. The number of benzene rings is 2. The lowest BCUT2D eigenvalue weighted by Gasteiger charge is -2.41. The van der Waals surface area contributed by atoms with E-state index in [0.717, 1.165) is 25.4 Å². The number of amides is 1. The van der Waals surface area contributed by atoms with Crippen LogP contribution in [0.1, 0.15) is 58.4 Å².